The molecule has 0 amide bonds. The molecule has 2 nitrogen and oxygen atoms in total. The van der Waals surface area contributed by atoms with Crippen LogP contribution in [-0.4, -0.2) is 23.3 Å². The van der Waals surface area contributed by atoms with Gasteiger partial charge in [-0.15, -0.1) is 0 Å². The zero-order valence-corrected chi connectivity index (χ0v) is 17.5. The van der Waals surface area contributed by atoms with Gasteiger partial charge in [0.15, 0.2) is 0 Å². The van der Waals surface area contributed by atoms with Crippen LogP contribution >= 0.6 is 0 Å². The first-order valence-electron chi connectivity index (χ1n) is 10.8. The smallest absolute Gasteiger partial charge is 0.129 e. The van der Waals surface area contributed by atoms with E-state index in [0.717, 1.165) is 51.1 Å². The van der Waals surface area contributed by atoms with Crippen LogP contribution in [0.4, 0.5) is 8.78 Å². The number of fused-ring (bicyclic) bond motifs is 1. The fraction of sp³-hybridized carbons (Fsp3) is 0.739. The van der Waals surface area contributed by atoms with Crippen LogP contribution in [0, 0.1) is 23.5 Å². The Kier molecular flexibility index (Phi) is 5.98. The topological polar surface area (TPSA) is 12.5 Å². The number of halogens is 2. The predicted molar refractivity (Wildman–Crippen MR) is 105 cm³/mol. The fourth-order valence-electron chi connectivity index (χ4n) is 6.05. The minimum absolute atomic E-state index is 0.175. The van der Waals surface area contributed by atoms with Crippen molar-refractivity contribution in [3.63, 3.8) is 0 Å². The highest BCUT2D eigenvalue weighted by Gasteiger charge is 2.59. The molecular weight excluding hydrogens is 344 g/mol. The molecule has 0 radical (unpaired) electrons. The van der Waals surface area contributed by atoms with E-state index in [0.29, 0.717) is 23.4 Å². The normalized spacial score (nSPS) is 33.2. The van der Waals surface area contributed by atoms with Crippen molar-refractivity contribution in [3.8, 4) is 0 Å². The predicted octanol–water partition coefficient (Wildman–Crippen LogP) is 6.24. The third-order valence-electron chi connectivity index (χ3n) is 7.68. The largest absolute Gasteiger partial charge is 0.292 e. The van der Waals surface area contributed by atoms with E-state index in [1.165, 1.54) is 6.07 Å². The third kappa shape index (κ3) is 3.23. The van der Waals surface area contributed by atoms with Gasteiger partial charge in [-0.3, -0.25) is 4.84 Å². The Hall–Kier alpha value is -1.00. The van der Waals surface area contributed by atoms with Gasteiger partial charge in [0.1, 0.15) is 11.6 Å². The standard InChI is InChI=1S/C23H35F2NO/c1-6-16-14-22(7-2,18-12-11-17(24)13-20(18)25)15-19-21(16)26(10-5)27-23(19,8-3)9-4/h11-13,16,19,21H,6-10,14-15H2,1-5H3. The van der Waals surface area contributed by atoms with Crippen molar-refractivity contribution >= 4 is 0 Å². The third-order valence-corrected chi connectivity index (χ3v) is 7.68. The summed E-state index contributed by atoms with van der Waals surface area (Å²) >= 11 is 0. The zero-order valence-electron chi connectivity index (χ0n) is 17.5. The summed E-state index contributed by atoms with van der Waals surface area (Å²) in [6.07, 6.45) is 5.69. The van der Waals surface area contributed by atoms with Crippen molar-refractivity contribution in [2.45, 2.75) is 90.2 Å². The van der Waals surface area contributed by atoms with Crippen molar-refractivity contribution in [3.05, 3.63) is 35.4 Å². The van der Waals surface area contributed by atoms with Crippen LogP contribution < -0.4 is 0 Å². The van der Waals surface area contributed by atoms with Crippen LogP contribution in [0.15, 0.2) is 18.2 Å². The molecule has 1 saturated heterocycles. The van der Waals surface area contributed by atoms with Crippen molar-refractivity contribution < 1.29 is 13.6 Å². The molecule has 1 aromatic carbocycles. The van der Waals surface area contributed by atoms with Gasteiger partial charge >= 0.3 is 0 Å². The highest BCUT2D eigenvalue weighted by Crippen LogP contribution is 2.57. The van der Waals surface area contributed by atoms with E-state index in [4.69, 9.17) is 4.84 Å². The summed E-state index contributed by atoms with van der Waals surface area (Å²) in [5, 5.41) is 2.21. The van der Waals surface area contributed by atoms with Crippen LogP contribution in [0.1, 0.15) is 78.7 Å². The summed E-state index contributed by atoms with van der Waals surface area (Å²) in [6, 6.07) is 4.55. The molecule has 2 fully saturated rings. The fourth-order valence-corrected chi connectivity index (χ4v) is 6.05. The number of rotatable bonds is 6. The van der Waals surface area contributed by atoms with Gasteiger partial charge in [0.25, 0.3) is 0 Å². The van der Waals surface area contributed by atoms with Crippen LogP contribution in [0.2, 0.25) is 0 Å². The van der Waals surface area contributed by atoms with E-state index in [9.17, 15) is 8.78 Å². The molecule has 4 atom stereocenters. The number of hydroxylamine groups is 2. The first-order chi connectivity index (χ1) is 12.9. The second-order valence-corrected chi connectivity index (χ2v) is 8.53. The maximum absolute atomic E-state index is 14.9. The molecular formula is C23H35F2NO. The SMILES string of the molecule is CCC1CC(CC)(c2ccc(F)cc2F)CC2C1N(CC)OC2(CC)CC. The molecule has 0 aromatic heterocycles. The molecule has 3 rings (SSSR count). The Balaban J connectivity index is 2.09. The molecule has 0 N–H and O–H groups in total. The molecule has 4 heteroatoms. The summed E-state index contributed by atoms with van der Waals surface area (Å²) in [5.41, 5.74) is 0.271. The van der Waals surface area contributed by atoms with Gasteiger partial charge in [-0.05, 0) is 55.1 Å². The van der Waals surface area contributed by atoms with Gasteiger partial charge in [-0.2, -0.15) is 5.06 Å². The molecule has 2 aliphatic rings. The van der Waals surface area contributed by atoms with Gasteiger partial charge in [-0.25, -0.2) is 8.78 Å². The molecule has 4 unspecified atom stereocenters. The number of hydrogen-bond donors (Lipinski definition) is 0. The Labute approximate surface area is 163 Å². The quantitative estimate of drug-likeness (QED) is 0.580. The molecule has 1 aliphatic heterocycles. The van der Waals surface area contributed by atoms with E-state index in [1.807, 2.05) is 0 Å². The summed E-state index contributed by atoms with van der Waals surface area (Å²) in [6.45, 7) is 11.8. The Morgan fingerprint density at radius 1 is 1.04 bits per heavy atom. The molecule has 1 aliphatic carbocycles. The van der Waals surface area contributed by atoms with Gasteiger partial charge in [-0.1, -0.05) is 47.1 Å². The van der Waals surface area contributed by atoms with Crippen LogP contribution in [0.25, 0.3) is 0 Å². The highest BCUT2D eigenvalue weighted by molar-refractivity contribution is 5.30. The lowest BCUT2D eigenvalue weighted by Gasteiger charge is -2.49. The highest BCUT2D eigenvalue weighted by atomic mass is 19.1. The molecule has 0 bridgehead atoms. The van der Waals surface area contributed by atoms with Crippen LogP contribution in [-0.2, 0) is 10.3 Å². The minimum atomic E-state index is -0.499. The average molecular weight is 380 g/mol. The maximum Gasteiger partial charge on any atom is 0.129 e. The van der Waals surface area contributed by atoms with Crippen molar-refractivity contribution in [1.29, 1.82) is 0 Å². The van der Waals surface area contributed by atoms with E-state index in [1.54, 1.807) is 6.07 Å². The van der Waals surface area contributed by atoms with Crippen molar-refractivity contribution in [1.82, 2.24) is 5.06 Å². The molecule has 1 heterocycles. The Morgan fingerprint density at radius 2 is 1.74 bits per heavy atom. The monoisotopic (exact) mass is 379 g/mol. The molecule has 1 saturated carbocycles. The lowest BCUT2D eigenvalue weighted by molar-refractivity contribution is -0.210. The lowest BCUT2D eigenvalue weighted by Crippen LogP contribution is -2.51. The van der Waals surface area contributed by atoms with E-state index in [-0.39, 0.29) is 11.0 Å². The zero-order chi connectivity index (χ0) is 19.8. The van der Waals surface area contributed by atoms with E-state index >= 15 is 0 Å². The summed E-state index contributed by atoms with van der Waals surface area (Å²) in [5.74, 6) is -0.0697. The lowest BCUT2D eigenvalue weighted by atomic mass is 9.55. The van der Waals surface area contributed by atoms with E-state index in [2.05, 4.69) is 39.7 Å². The van der Waals surface area contributed by atoms with Gasteiger partial charge < -0.3 is 0 Å². The van der Waals surface area contributed by atoms with Crippen molar-refractivity contribution in [2.75, 3.05) is 6.54 Å². The summed E-state index contributed by atoms with van der Waals surface area (Å²) in [7, 11) is 0. The first-order valence-corrected chi connectivity index (χ1v) is 10.8. The number of nitrogens with zero attached hydrogens (tertiary/aromatic N) is 1. The molecule has 27 heavy (non-hydrogen) atoms. The summed E-state index contributed by atoms with van der Waals surface area (Å²) < 4.78 is 28.4. The van der Waals surface area contributed by atoms with Gasteiger partial charge in [0.05, 0.1) is 5.60 Å². The molecule has 0 spiro atoms. The first kappa shape index (κ1) is 20.7. The van der Waals surface area contributed by atoms with Crippen LogP contribution in [0.5, 0.6) is 0 Å². The van der Waals surface area contributed by atoms with E-state index < -0.39 is 11.6 Å². The van der Waals surface area contributed by atoms with Crippen molar-refractivity contribution in [2.24, 2.45) is 11.8 Å². The number of benzene rings is 1. The second-order valence-electron chi connectivity index (χ2n) is 8.53. The maximum atomic E-state index is 14.9. The molecule has 152 valence electrons. The van der Waals surface area contributed by atoms with Gasteiger partial charge in [0, 0.05) is 24.6 Å². The summed E-state index contributed by atoms with van der Waals surface area (Å²) in [4.78, 5) is 6.58. The minimum Gasteiger partial charge on any atom is -0.292 e. The van der Waals surface area contributed by atoms with Gasteiger partial charge in [0.2, 0.25) is 0 Å². The average Bonchev–Trinajstić information content (AvgIpc) is 3.01. The second kappa shape index (κ2) is 7.79. The Bertz CT molecular complexity index is 660. The Morgan fingerprint density at radius 3 is 2.26 bits per heavy atom. The number of hydrogen-bond acceptors (Lipinski definition) is 2. The van der Waals surface area contributed by atoms with Crippen LogP contribution in [0.3, 0.4) is 0 Å². The molecule has 1 aromatic rings.